The standard InChI is InChI=1S/C16H18N2O/c1-14(19)12-13-17-18(15-8-4-2-5-9-15)16-10-6-3-7-11-16/h2-11,13-14,19H,12H2,1H3/b17-13+. The molecule has 1 N–H and O–H groups in total. The summed E-state index contributed by atoms with van der Waals surface area (Å²) in [6.07, 6.45) is 1.90. The third-order valence-electron chi connectivity index (χ3n) is 2.65. The number of aliphatic hydroxyl groups is 1. The van der Waals surface area contributed by atoms with E-state index in [1.807, 2.05) is 65.7 Å². The number of para-hydroxylation sites is 2. The van der Waals surface area contributed by atoms with Crippen LogP contribution in [-0.2, 0) is 0 Å². The lowest BCUT2D eigenvalue weighted by Crippen LogP contribution is -2.10. The summed E-state index contributed by atoms with van der Waals surface area (Å²) < 4.78 is 0. The summed E-state index contributed by atoms with van der Waals surface area (Å²) in [5.74, 6) is 0. The normalized spacial score (nSPS) is 12.5. The average Bonchev–Trinajstić information content (AvgIpc) is 2.45. The van der Waals surface area contributed by atoms with Crippen LogP contribution in [0.5, 0.6) is 0 Å². The quantitative estimate of drug-likeness (QED) is 0.654. The number of rotatable bonds is 5. The van der Waals surface area contributed by atoms with Crippen molar-refractivity contribution in [3.8, 4) is 0 Å². The molecule has 1 atom stereocenters. The Hall–Kier alpha value is -2.13. The molecule has 2 aromatic rings. The third-order valence-corrected chi connectivity index (χ3v) is 2.65. The van der Waals surface area contributed by atoms with Crippen LogP contribution < -0.4 is 5.01 Å². The van der Waals surface area contributed by atoms with E-state index >= 15 is 0 Å². The first-order chi connectivity index (χ1) is 9.27. The molecule has 3 nitrogen and oxygen atoms in total. The van der Waals surface area contributed by atoms with E-state index in [0.29, 0.717) is 6.42 Å². The van der Waals surface area contributed by atoms with Crippen LogP contribution >= 0.6 is 0 Å². The molecular formula is C16H18N2O. The summed E-state index contributed by atoms with van der Waals surface area (Å²) in [5, 5.41) is 15.6. The molecule has 19 heavy (non-hydrogen) atoms. The molecule has 0 aliphatic heterocycles. The highest BCUT2D eigenvalue weighted by Gasteiger charge is 2.06. The molecule has 0 radical (unpaired) electrons. The van der Waals surface area contributed by atoms with E-state index in [1.54, 1.807) is 13.1 Å². The van der Waals surface area contributed by atoms with Gasteiger partial charge in [0, 0.05) is 12.6 Å². The highest BCUT2D eigenvalue weighted by atomic mass is 16.3. The second kappa shape index (κ2) is 6.71. The first-order valence-electron chi connectivity index (χ1n) is 6.38. The van der Waals surface area contributed by atoms with Crippen molar-refractivity contribution in [1.82, 2.24) is 0 Å². The van der Waals surface area contributed by atoms with Crippen LogP contribution in [0.3, 0.4) is 0 Å². The lowest BCUT2D eigenvalue weighted by molar-refractivity contribution is 0.204. The van der Waals surface area contributed by atoms with Gasteiger partial charge in [-0.15, -0.1) is 0 Å². The van der Waals surface area contributed by atoms with Crippen LogP contribution in [0, 0.1) is 0 Å². The minimum Gasteiger partial charge on any atom is -0.393 e. The molecule has 0 amide bonds. The molecule has 3 heteroatoms. The minimum atomic E-state index is -0.378. The molecule has 0 aliphatic carbocycles. The van der Waals surface area contributed by atoms with Crippen LogP contribution in [0.1, 0.15) is 13.3 Å². The molecule has 0 aromatic heterocycles. The molecule has 2 rings (SSSR count). The summed E-state index contributed by atoms with van der Waals surface area (Å²) in [6, 6.07) is 19.9. The molecule has 0 bridgehead atoms. The zero-order chi connectivity index (χ0) is 13.5. The number of hydrazone groups is 1. The highest BCUT2D eigenvalue weighted by Crippen LogP contribution is 2.24. The number of anilines is 2. The van der Waals surface area contributed by atoms with Crippen molar-refractivity contribution in [2.45, 2.75) is 19.4 Å². The van der Waals surface area contributed by atoms with Crippen LogP contribution in [0.4, 0.5) is 11.4 Å². The van der Waals surface area contributed by atoms with Crippen molar-refractivity contribution < 1.29 is 5.11 Å². The molecular weight excluding hydrogens is 236 g/mol. The second-order valence-corrected chi connectivity index (χ2v) is 4.37. The van der Waals surface area contributed by atoms with Crippen LogP contribution in [0.2, 0.25) is 0 Å². The number of benzene rings is 2. The molecule has 0 aliphatic rings. The van der Waals surface area contributed by atoms with Gasteiger partial charge < -0.3 is 5.11 Å². The topological polar surface area (TPSA) is 35.8 Å². The molecule has 0 saturated heterocycles. The van der Waals surface area contributed by atoms with Crippen molar-refractivity contribution in [2.75, 3.05) is 5.01 Å². The highest BCUT2D eigenvalue weighted by molar-refractivity contribution is 5.67. The summed E-state index contributed by atoms with van der Waals surface area (Å²) >= 11 is 0. The zero-order valence-corrected chi connectivity index (χ0v) is 11.0. The summed E-state index contributed by atoms with van der Waals surface area (Å²) in [5.41, 5.74) is 1.99. The molecule has 0 heterocycles. The van der Waals surface area contributed by atoms with Gasteiger partial charge in [-0.05, 0) is 31.2 Å². The van der Waals surface area contributed by atoms with E-state index in [1.165, 1.54) is 0 Å². The van der Waals surface area contributed by atoms with Gasteiger partial charge in [-0.2, -0.15) is 5.10 Å². The van der Waals surface area contributed by atoms with Gasteiger partial charge in [-0.25, -0.2) is 5.01 Å². The maximum Gasteiger partial charge on any atom is 0.0652 e. The fourth-order valence-electron chi connectivity index (χ4n) is 1.70. The Bertz CT molecular complexity index is 469. The molecule has 2 aromatic carbocycles. The first kappa shape index (κ1) is 13.3. The number of nitrogens with zero attached hydrogens (tertiary/aromatic N) is 2. The van der Waals surface area contributed by atoms with Crippen molar-refractivity contribution in [1.29, 1.82) is 0 Å². The van der Waals surface area contributed by atoms with Gasteiger partial charge in [-0.1, -0.05) is 36.4 Å². The smallest absolute Gasteiger partial charge is 0.0652 e. The van der Waals surface area contributed by atoms with E-state index in [9.17, 15) is 5.11 Å². The number of aliphatic hydroxyl groups excluding tert-OH is 1. The Morgan fingerprint density at radius 2 is 1.47 bits per heavy atom. The van der Waals surface area contributed by atoms with Crippen LogP contribution in [0.15, 0.2) is 65.8 Å². The molecule has 98 valence electrons. The maximum absolute atomic E-state index is 9.30. The predicted molar refractivity (Wildman–Crippen MR) is 79.8 cm³/mol. The largest absolute Gasteiger partial charge is 0.393 e. The van der Waals surface area contributed by atoms with Gasteiger partial charge >= 0.3 is 0 Å². The predicted octanol–water partition coefficient (Wildman–Crippen LogP) is 3.58. The van der Waals surface area contributed by atoms with E-state index in [0.717, 1.165) is 11.4 Å². The average molecular weight is 254 g/mol. The number of hydrogen-bond donors (Lipinski definition) is 1. The Morgan fingerprint density at radius 1 is 1.00 bits per heavy atom. The van der Waals surface area contributed by atoms with Crippen molar-refractivity contribution in [3.05, 3.63) is 60.7 Å². The SMILES string of the molecule is CC(O)C/C=N/N(c1ccccc1)c1ccccc1. The maximum atomic E-state index is 9.30. The Labute approximate surface area is 113 Å². The fourth-order valence-corrected chi connectivity index (χ4v) is 1.70. The van der Waals surface area contributed by atoms with Crippen molar-refractivity contribution in [3.63, 3.8) is 0 Å². The molecule has 0 fully saturated rings. The second-order valence-electron chi connectivity index (χ2n) is 4.37. The van der Waals surface area contributed by atoms with Gasteiger partial charge in [0.15, 0.2) is 0 Å². The van der Waals surface area contributed by atoms with Gasteiger partial charge in [0.1, 0.15) is 0 Å². The van der Waals surface area contributed by atoms with E-state index < -0.39 is 0 Å². The monoisotopic (exact) mass is 254 g/mol. The van der Waals surface area contributed by atoms with Crippen molar-refractivity contribution >= 4 is 17.6 Å². The van der Waals surface area contributed by atoms with Crippen LogP contribution in [0.25, 0.3) is 0 Å². The summed E-state index contributed by atoms with van der Waals surface area (Å²) in [6.45, 7) is 1.75. The zero-order valence-electron chi connectivity index (χ0n) is 11.0. The molecule has 0 saturated carbocycles. The van der Waals surface area contributed by atoms with E-state index in [2.05, 4.69) is 5.10 Å². The van der Waals surface area contributed by atoms with E-state index in [-0.39, 0.29) is 6.10 Å². The van der Waals surface area contributed by atoms with E-state index in [4.69, 9.17) is 0 Å². The lowest BCUT2D eigenvalue weighted by Gasteiger charge is -2.19. The Balaban J connectivity index is 2.27. The Kier molecular flexibility index (Phi) is 4.70. The van der Waals surface area contributed by atoms with Crippen LogP contribution in [-0.4, -0.2) is 17.4 Å². The van der Waals surface area contributed by atoms with Gasteiger partial charge in [-0.3, -0.25) is 0 Å². The van der Waals surface area contributed by atoms with Gasteiger partial charge in [0.2, 0.25) is 0 Å². The molecule has 0 spiro atoms. The Morgan fingerprint density at radius 3 is 1.89 bits per heavy atom. The minimum absolute atomic E-state index is 0.378. The number of hydrogen-bond acceptors (Lipinski definition) is 3. The van der Waals surface area contributed by atoms with Gasteiger partial charge in [0.05, 0.1) is 17.5 Å². The summed E-state index contributed by atoms with van der Waals surface area (Å²) in [4.78, 5) is 0. The summed E-state index contributed by atoms with van der Waals surface area (Å²) in [7, 11) is 0. The fraction of sp³-hybridized carbons (Fsp3) is 0.188. The van der Waals surface area contributed by atoms with Gasteiger partial charge in [0.25, 0.3) is 0 Å². The van der Waals surface area contributed by atoms with Crippen molar-refractivity contribution in [2.24, 2.45) is 5.10 Å². The third kappa shape index (κ3) is 3.93. The molecule has 1 unspecified atom stereocenters. The lowest BCUT2D eigenvalue weighted by atomic mass is 10.2. The first-order valence-corrected chi connectivity index (χ1v) is 6.38.